The lowest BCUT2D eigenvalue weighted by atomic mass is 9.55. The SMILES string of the molecule is C[C@H](NC(=O)CC1CCC2C(CCC3(C)C2CC[C@@H]3OC(C)(C)C)C1)c1ccccc1. The topological polar surface area (TPSA) is 38.3 Å². The van der Waals surface area contributed by atoms with Crippen molar-refractivity contribution in [3.8, 4) is 0 Å². The number of fused-ring (bicyclic) bond motifs is 3. The van der Waals surface area contributed by atoms with E-state index in [1.54, 1.807) is 0 Å². The summed E-state index contributed by atoms with van der Waals surface area (Å²) in [6.07, 6.45) is 10.0. The Hall–Kier alpha value is -1.35. The zero-order valence-corrected chi connectivity index (χ0v) is 20.3. The van der Waals surface area contributed by atoms with Gasteiger partial charge in [-0.2, -0.15) is 0 Å². The molecule has 31 heavy (non-hydrogen) atoms. The summed E-state index contributed by atoms with van der Waals surface area (Å²) in [7, 11) is 0. The molecular weight excluding hydrogens is 382 g/mol. The van der Waals surface area contributed by atoms with Gasteiger partial charge in [0, 0.05) is 6.42 Å². The van der Waals surface area contributed by atoms with Gasteiger partial charge in [0.25, 0.3) is 0 Å². The van der Waals surface area contributed by atoms with E-state index in [0.29, 0.717) is 23.9 Å². The van der Waals surface area contributed by atoms with Gasteiger partial charge in [0.2, 0.25) is 5.91 Å². The first kappa shape index (κ1) is 22.8. The van der Waals surface area contributed by atoms with E-state index in [4.69, 9.17) is 4.74 Å². The lowest BCUT2D eigenvalue weighted by Crippen LogP contribution is -2.47. The van der Waals surface area contributed by atoms with Gasteiger partial charge >= 0.3 is 0 Å². The molecule has 1 amide bonds. The number of carbonyl (C=O) groups excluding carboxylic acids is 1. The van der Waals surface area contributed by atoms with E-state index >= 15 is 0 Å². The average molecular weight is 426 g/mol. The number of rotatable bonds is 5. The number of benzene rings is 1. The van der Waals surface area contributed by atoms with Crippen LogP contribution in [-0.4, -0.2) is 17.6 Å². The van der Waals surface area contributed by atoms with Crippen LogP contribution in [0.3, 0.4) is 0 Å². The van der Waals surface area contributed by atoms with Crippen molar-refractivity contribution in [3.05, 3.63) is 35.9 Å². The quantitative estimate of drug-likeness (QED) is 0.571. The first-order valence-electron chi connectivity index (χ1n) is 12.7. The van der Waals surface area contributed by atoms with Crippen LogP contribution in [0.1, 0.15) is 97.6 Å². The molecule has 3 fully saturated rings. The van der Waals surface area contributed by atoms with Gasteiger partial charge in [-0.05, 0) is 107 Å². The lowest BCUT2D eigenvalue weighted by Gasteiger charge is -2.52. The van der Waals surface area contributed by atoms with Crippen LogP contribution in [0, 0.1) is 29.1 Å². The number of amides is 1. The summed E-state index contributed by atoms with van der Waals surface area (Å²) in [5.74, 6) is 3.24. The van der Waals surface area contributed by atoms with Gasteiger partial charge in [0.05, 0.1) is 17.7 Å². The van der Waals surface area contributed by atoms with Crippen LogP contribution < -0.4 is 5.32 Å². The fourth-order valence-electron chi connectivity index (χ4n) is 7.21. The molecule has 0 saturated heterocycles. The summed E-state index contributed by atoms with van der Waals surface area (Å²) in [6.45, 7) is 11.2. The second-order valence-corrected chi connectivity index (χ2v) is 12.0. The van der Waals surface area contributed by atoms with Crippen molar-refractivity contribution in [1.82, 2.24) is 5.32 Å². The molecular formula is C28H43NO2. The minimum absolute atomic E-state index is 0.0542. The Morgan fingerprint density at radius 2 is 1.87 bits per heavy atom. The van der Waals surface area contributed by atoms with Gasteiger partial charge in [-0.15, -0.1) is 0 Å². The van der Waals surface area contributed by atoms with Crippen LogP contribution in [0.5, 0.6) is 0 Å². The molecule has 3 nitrogen and oxygen atoms in total. The van der Waals surface area contributed by atoms with Crippen molar-refractivity contribution in [2.75, 3.05) is 0 Å². The molecule has 0 bridgehead atoms. The third-order valence-electron chi connectivity index (χ3n) is 8.69. The Kier molecular flexibility index (Phi) is 6.54. The normalized spacial score (nSPS) is 36.4. The van der Waals surface area contributed by atoms with Crippen molar-refractivity contribution in [2.24, 2.45) is 29.1 Å². The smallest absolute Gasteiger partial charge is 0.220 e. The fraction of sp³-hybridized carbons (Fsp3) is 0.750. The van der Waals surface area contributed by atoms with Crippen molar-refractivity contribution in [2.45, 2.75) is 104 Å². The van der Waals surface area contributed by atoms with E-state index in [2.05, 4.69) is 52.1 Å². The van der Waals surface area contributed by atoms with E-state index in [1.807, 2.05) is 18.2 Å². The van der Waals surface area contributed by atoms with Crippen LogP contribution in [0.4, 0.5) is 0 Å². The van der Waals surface area contributed by atoms with Crippen molar-refractivity contribution in [1.29, 1.82) is 0 Å². The van der Waals surface area contributed by atoms with Crippen LogP contribution in [0.25, 0.3) is 0 Å². The van der Waals surface area contributed by atoms with E-state index < -0.39 is 0 Å². The highest BCUT2D eigenvalue weighted by Crippen LogP contribution is 2.61. The number of hydrogen-bond donors (Lipinski definition) is 1. The maximum absolute atomic E-state index is 12.7. The second-order valence-electron chi connectivity index (χ2n) is 12.0. The Labute approximate surface area is 189 Å². The summed E-state index contributed by atoms with van der Waals surface area (Å²) in [4.78, 5) is 12.7. The van der Waals surface area contributed by atoms with Gasteiger partial charge in [-0.3, -0.25) is 4.79 Å². The predicted molar refractivity (Wildman–Crippen MR) is 127 cm³/mol. The Bertz CT molecular complexity index is 754. The molecule has 3 aliphatic rings. The summed E-state index contributed by atoms with van der Waals surface area (Å²) in [5, 5.41) is 3.23. The van der Waals surface area contributed by atoms with E-state index in [9.17, 15) is 4.79 Å². The minimum atomic E-state index is -0.0542. The highest BCUT2D eigenvalue weighted by molar-refractivity contribution is 5.76. The van der Waals surface area contributed by atoms with Gasteiger partial charge in [-0.1, -0.05) is 37.3 Å². The highest BCUT2D eigenvalue weighted by atomic mass is 16.5. The van der Waals surface area contributed by atoms with Crippen LogP contribution in [0.2, 0.25) is 0 Å². The van der Waals surface area contributed by atoms with E-state index in [-0.39, 0.29) is 17.6 Å². The third-order valence-corrected chi connectivity index (χ3v) is 8.69. The number of hydrogen-bond acceptors (Lipinski definition) is 2. The Morgan fingerprint density at radius 3 is 2.58 bits per heavy atom. The number of carbonyl (C=O) groups is 1. The molecule has 3 heteroatoms. The molecule has 0 radical (unpaired) electrons. The average Bonchev–Trinajstić information content (AvgIpc) is 3.03. The molecule has 1 aromatic carbocycles. The standard InChI is InChI=1S/C28H43NO2/c1-19(21-9-7-6-8-10-21)29-26(30)18-20-11-12-23-22(17-20)15-16-28(5)24(23)13-14-25(28)31-27(2,3)4/h6-10,19-20,22-25H,11-18H2,1-5H3,(H,29,30)/t19-,20?,22?,23?,24?,25-,28?/m0/s1. The van der Waals surface area contributed by atoms with E-state index in [0.717, 1.165) is 17.8 Å². The number of nitrogens with one attached hydrogen (secondary N) is 1. The van der Waals surface area contributed by atoms with Crippen LogP contribution in [-0.2, 0) is 9.53 Å². The molecule has 5 unspecified atom stereocenters. The zero-order chi connectivity index (χ0) is 22.2. The van der Waals surface area contributed by atoms with Crippen LogP contribution >= 0.6 is 0 Å². The van der Waals surface area contributed by atoms with Crippen molar-refractivity contribution in [3.63, 3.8) is 0 Å². The third kappa shape index (κ3) is 5.02. The highest BCUT2D eigenvalue weighted by Gasteiger charge is 2.55. The van der Waals surface area contributed by atoms with Crippen LogP contribution in [0.15, 0.2) is 30.3 Å². The summed E-state index contributed by atoms with van der Waals surface area (Å²) in [6, 6.07) is 10.4. The largest absolute Gasteiger partial charge is 0.372 e. The van der Waals surface area contributed by atoms with Crippen molar-refractivity contribution >= 4 is 5.91 Å². The maximum atomic E-state index is 12.7. The molecule has 0 heterocycles. The summed E-state index contributed by atoms with van der Waals surface area (Å²) in [5.41, 5.74) is 1.48. The van der Waals surface area contributed by atoms with Gasteiger partial charge in [0.15, 0.2) is 0 Å². The lowest BCUT2D eigenvalue weighted by molar-refractivity contribution is -0.134. The molecule has 0 spiro atoms. The summed E-state index contributed by atoms with van der Waals surface area (Å²) < 4.78 is 6.55. The molecule has 1 N–H and O–H groups in total. The zero-order valence-electron chi connectivity index (χ0n) is 20.3. The predicted octanol–water partition coefficient (Wildman–Crippen LogP) is 6.68. The van der Waals surface area contributed by atoms with Gasteiger partial charge in [-0.25, -0.2) is 0 Å². The van der Waals surface area contributed by atoms with Gasteiger partial charge < -0.3 is 10.1 Å². The second kappa shape index (κ2) is 8.89. The molecule has 1 aromatic rings. The maximum Gasteiger partial charge on any atom is 0.220 e. The fourth-order valence-corrected chi connectivity index (χ4v) is 7.21. The van der Waals surface area contributed by atoms with Gasteiger partial charge in [0.1, 0.15) is 0 Å². The van der Waals surface area contributed by atoms with Crippen molar-refractivity contribution < 1.29 is 9.53 Å². The molecule has 7 atom stereocenters. The number of ether oxygens (including phenoxy) is 1. The molecule has 4 rings (SSSR count). The molecule has 0 aromatic heterocycles. The minimum Gasteiger partial charge on any atom is -0.372 e. The molecule has 3 aliphatic carbocycles. The monoisotopic (exact) mass is 425 g/mol. The summed E-state index contributed by atoms with van der Waals surface area (Å²) >= 11 is 0. The molecule has 172 valence electrons. The first-order valence-corrected chi connectivity index (χ1v) is 12.7. The molecule has 0 aliphatic heterocycles. The Morgan fingerprint density at radius 1 is 1.13 bits per heavy atom. The Balaban J connectivity index is 1.31. The van der Waals surface area contributed by atoms with E-state index in [1.165, 1.54) is 50.5 Å². The molecule has 3 saturated carbocycles. The first-order chi connectivity index (χ1) is 14.7.